The number of carbonyl (C=O) groups excluding carboxylic acids is 1. The van der Waals surface area contributed by atoms with Gasteiger partial charge in [0.2, 0.25) is 0 Å². The van der Waals surface area contributed by atoms with E-state index in [2.05, 4.69) is 27.4 Å². The van der Waals surface area contributed by atoms with Crippen LogP contribution in [0.1, 0.15) is 86.0 Å². The molecule has 33 heavy (non-hydrogen) atoms. The first-order valence-corrected chi connectivity index (χ1v) is 12.2. The molecular formula is C27H40O6. The third-order valence-corrected chi connectivity index (χ3v) is 9.79. The van der Waals surface area contributed by atoms with Crippen molar-refractivity contribution in [1.29, 1.82) is 0 Å². The first-order chi connectivity index (χ1) is 15.2. The van der Waals surface area contributed by atoms with Crippen molar-refractivity contribution in [3.05, 3.63) is 23.3 Å². The van der Waals surface area contributed by atoms with Crippen molar-refractivity contribution < 1.29 is 29.7 Å². The molecule has 1 saturated carbocycles. The number of aliphatic hydroxyl groups excluding tert-OH is 1. The number of carboxylic acid groups (broad SMARTS) is 2. The van der Waals surface area contributed by atoms with Crippen molar-refractivity contribution in [2.45, 2.75) is 92.1 Å². The van der Waals surface area contributed by atoms with Crippen LogP contribution in [-0.2, 0) is 14.4 Å². The van der Waals surface area contributed by atoms with Crippen LogP contribution >= 0.6 is 0 Å². The number of ketones is 1. The predicted octanol–water partition coefficient (Wildman–Crippen LogP) is 5.01. The van der Waals surface area contributed by atoms with Crippen LogP contribution in [0.25, 0.3) is 0 Å². The van der Waals surface area contributed by atoms with Crippen molar-refractivity contribution in [3.63, 3.8) is 0 Å². The molecule has 0 aromatic carbocycles. The fraction of sp³-hybridized carbons (Fsp3) is 0.741. The molecule has 3 rings (SSSR count). The number of fused-ring (bicyclic) bond motifs is 2. The molecule has 0 aromatic heterocycles. The quantitative estimate of drug-likeness (QED) is 0.439. The molecule has 0 radical (unpaired) electrons. The van der Waals surface area contributed by atoms with E-state index in [0.717, 1.165) is 24.0 Å². The molecule has 1 fully saturated rings. The molecule has 0 aliphatic heterocycles. The smallest absolute Gasteiger partial charge is 0.303 e. The second-order valence-electron chi connectivity index (χ2n) is 11.7. The lowest BCUT2D eigenvalue weighted by atomic mass is 9.46. The van der Waals surface area contributed by atoms with E-state index < -0.39 is 23.5 Å². The van der Waals surface area contributed by atoms with Gasteiger partial charge in [0.15, 0.2) is 5.78 Å². The standard InChI is InChI=1S/C27H40O6/c1-15(2)18-13-19(28)24-23(25(18,4)11-10-22(32)33)20(29)14-27(6)17(9-12-26(24,27)5)16(3)7-8-21(30)31/h16-19,28H,1,7-14H2,2-6H3,(H,30,31)(H,32,33)/t16-,17-,18?,19+,25+,26+,27-/m1/s1. The van der Waals surface area contributed by atoms with E-state index in [-0.39, 0.29) is 47.2 Å². The number of aliphatic carboxylic acids is 2. The number of hydrogen-bond acceptors (Lipinski definition) is 4. The highest BCUT2D eigenvalue weighted by Crippen LogP contribution is 2.70. The molecule has 3 aliphatic rings. The molecular weight excluding hydrogens is 420 g/mol. The summed E-state index contributed by atoms with van der Waals surface area (Å²) in [6, 6.07) is 0. The predicted molar refractivity (Wildman–Crippen MR) is 126 cm³/mol. The Bertz CT molecular complexity index is 902. The second kappa shape index (κ2) is 8.68. The van der Waals surface area contributed by atoms with Gasteiger partial charge in [0.05, 0.1) is 6.10 Å². The van der Waals surface area contributed by atoms with Crippen LogP contribution in [0.5, 0.6) is 0 Å². The molecule has 0 amide bonds. The lowest BCUT2D eigenvalue weighted by molar-refractivity contribution is -0.138. The number of rotatable bonds is 8. The summed E-state index contributed by atoms with van der Waals surface area (Å²) >= 11 is 0. The van der Waals surface area contributed by atoms with Crippen LogP contribution in [-0.4, -0.2) is 39.1 Å². The lowest BCUT2D eigenvalue weighted by Gasteiger charge is -2.58. The van der Waals surface area contributed by atoms with Gasteiger partial charge in [0, 0.05) is 30.3 Å². The number of allylic oxidation sites excluding steroid dienone is 2. The molecule has 6 nitrogen and oxygen atoms in total. The fourth-order valence-electron chi connectivity index (χ4n) is 7.89. The number of aliphatic hydroxyl groups is 1. The summed E-state index contributed by atoms with van der Waals surface area (Å²) in [4.78, 5) is 36.5. The van der Waals surface area contributed by atoms with Crippen LogP contribution in [0.4, 0.5) is 0 Å². The molecule has 7 atom stereocenters. The van der Waals surface area contributed by atoms with E-state index in [4.69, 9.17) is 5.11 Å². The van der Waals surface area contributed by atoms with Gasteiger partial charge < -0.3 is 15.3 Å². The van der Waals surface area contributed by atoms with E-state index in [1.165, 1.54) is 0 Å². The highest BCUT2D eigenvalue weighted by atomic mass is 16.4. The zero-order valence-electron chi connectivity index (χ0n) is 20.7. The topological polar surface area (TPSA) is 112 Å². The van der Waals surface area contributed by atoms with Gasteiger partial charge in [0.25, 0.3) is 0 Å². The van der Waals surface area contributed by atoms with Crippen LogP contribution in [0.2, 0.25) is 0 Å². The van der Waals surface area contributed by atoms with Crippen molar-refractivity contribution >= 4 is 17.7 Å². The summed E-state index contributed by atoms with van der Waals surface area (Å²) in [5, 5.41) is 30.0. The van der Waals surface area contributed by atoms with Crippen LogP contribution in [0.3, 0.4) is 0 Å². The monoisotopic (exact) mass is 460 g/mol. The summed E-state index contributed by atoms with van der Waals surface area (Å²) in [5.41, 5.74) is 0.904. The van der Waals surface area contributed by atoms with Crippen molar-refractivity contribution in [1.82, 2.24) is 0 Å². The van der Waals surface area contributed by atoms with Gasteiger partial charge in [-0.1, -0.05) is 39.8 Å². The molecule has 0 bridgehead atoms. The normalized spacial score (nSPS) is 39.1. The van der Waals surface area contributed by atoms with Crippen LogP contribution in [0.15, 0.2) is 23.3 Å². The molecule has 6 heteroatoms. The summed E-state index contributed by atoms with van der Waals surface area (Å²) in [6.07, 6.45) is 2.74. The Kier molecular flexibility index (Phi) is 6.75. The molecule has 3 N–H and O–H groups in total. The van der Waals surface area contributed by atoms with E-state index in [0.29, 0.717) is 31.3 Å². The number of carboxylic acids is 2. The van der Waals surface area contributed by atoms with E-state index in [9.17, 15) is 24.6 Å². The number of Topliss-reactive ketones (excluding diaryl/α,β-unsaturated/α-hetero) is 1. The van der Waals surface area contributed by atoms with Gasteiger partial charge in [-0.3, -0.25) is 14.4 Å². The van der Waals surface area contributed by atoms with Crippen LogP contribution in [0, 0.1) is 34.0 Å². The number of hydrogen-bond donors (Lipinski definition) is 3. The van der Waals surface area contributed by atoms with E-state index in [1.54, 1.807) is 0 Å². The molecule has 0 saturated heterocycles. The van der Waals surface area contributed by atoms with Crippen LogP contribution < -0.4 is 0 Å². The molecule has 0 aromatic rings. The summed E-state index contributed by atoms with van der Waals surface area (Å²) in [7, 11) is 0. The zero-order valence-corrected chi connectivity index (χ0v) is 20.7. The third-order valence-electron chi connectivity index (χ3n) is 9.79. The first kappa shape index (κ1) is 25.7. The van der Waals surface area contributed by atoms with Gasteiger partial charge in [0.1, 0.15) is 0 Å². The summed E-state index contributed by atoms with van der Waals surface area (Å²) in [6.45, 7) is 14.4. The summed E-state index contributed by atoms with van der Waals surface area (Å²) in [5.74, 6) is -1.49. The minimum Gasteiger partial charge on any atom is -0.481 e. The maximum absolute atomic E-state index is 13.9. The SMILES string of the molecule is C=C(C)C1C[C@H](O)C2=C(C(=O)C[C@]3(C)[C@@H]([C@H](C)CCC(=O)O)CC[C@@]23C)[C@@]1(C)CCC(=O)O. The maximum atomic E-state index is 13.9. The van der Waals surface area contributed by atoms with E-state index >= 15 is 0 Å². The minimum atomic E-state index is -0.891. The van der Waals surface area contributed by atoms with Gasteiger partial charge in [-0.05, 0) is 73.2 Å². The molecule has 1 unspecified atom stereocenters. The lowest BCUT2D eigenvalue weighted by Crippen LogP contribution is -2.54. The Morgan fingerprint density at radius 2 is 1.76 bits per heavy atom. The molecule has 3 aliphatic carbocycles. The average Bonchev–Trinajstić information content (AvgIpc) is 2.97. The van der Waals surface area contributed by atoms with E-state index in [1.807, 2.05) is 13.8 Å². The van der Waals surface area contributed by atoms with Gasteiger partial charge in [-0.25, -0.2) is 0 Å². The third kappa shape index (κ3) is 3.98. The van der Waals surface area contributed by atoms with Gasteiger partial charge >= 0.3 is 11.9 Å². The molecule has 0 spiro atoms. The van der Waals surface area contributed by atoms with Gasteiger partial charge in [-0.15, -0.1) is 0 Å². The van der Waals surface area contributed by atoms with Crippen molar-refractivity contribution in [2.75, 3.05) is 0 Å². The Morgan fingerprint density at radius 3 is 2.30 bits per heavy atom. The molecule has 184 valence electrons. The average molecular weight is 461 g/mol. The Hall–Kier alpha value is -1.95. The highest BCUT2D eigenvalue weighted by molar-refractivity contribution is 6.00. The second-order valence-corrected chi connectivity index (χ2v) is 11.7. The zero-order chi connectivity index (χ0) is 24.9. The van der Waals surface area contributed by atoms with Crippen molar-refractivity contribution in [2.24, 2.45) is 34.0 Å². The maximum Gasteiger partial charge on any atom is 0.303 e. The van der Waals surface area contributed by atoms with Gasteiger partial charge in [-0.2, -0.15) is 0 Å². The number of carbonyl (C=O) groups is 3. The molecule has 0 heterocycles. The minimum absolute atomic E-state index is 0.0141. The first-order valence-electron chi connectivity index (χ1n) is 12.2. The van der Waals surface area contributed by atoms with Crippen molar-refractivity contribution in [3.8, 4) is 0 Å². The Morgan fingerprint density at radius 1 is 1.15 bits per heavy atom. The Labute approximate surface area is 197 Å². The summed E-state index contributed by atoms with van der Waals surface area (Å²) < 4.78 is 0. The highest BCUT2D eigenvalue weighted by Gasteiger charge is 2.65. The Balaban J connectivity index is 2.12. The largest absolute Gasteiger partial charge is 0.481 e. The fourth-order valence-corrected chi connectivity index (χ4v) is 7.89.